The molecule has 0 bridgehead atoms. The van der Waals surface area contributed by atoms with Gasteiger partial charge >= 0.3 is 0 Å². The monoisotopic (exact) mass is 190 g/mol. The van der Waals surface area contributed by atoms with Crippen LogP contribution in [0.1, 0.15) is 13.8 Å². The Kier molecular flexibility index (Phi) is 3.67. The van der Waals surface area contributed by atoms with Crippen LogP contribution in [0.3, 0.4) is 0 Å². The third kappa shape index (κ3) is 10.1. The first-order valence-electron chi connectivity index (χ1n) is 3.04. The first-order valence-corrected chi connectivity index (χ1v) is 4.20. The van der Waals surface area contributed by atoms with Gasteiger partial charge in [0, 0.05) is 13.8 Å². The van der Waals surface area contributed by atoms with E-state index in [9.17, 15) is 17.6 Å². The maximum atomic E-state index is 12.0. The van der Waals surface area contributed by atoms with Gasteiger partial charge in [0.2, 0.25) is 0 Å². The number of halogens is 4. The molecular weight excluding hydrogens is 180 g/mol. The molecule has 0 spiro atoms. The summed E-state index contributed by atoms with van der Waals surface area (Å²) >= 11 is 0.567. The zero-order valence-corrected chi connectivity index (χ0v) is 7.15. The lowest BCUT2D eigenvalue weighted by Gasteiger charge is -2.12. The molecule has 0 aliphatic carbocycles. The van der Waals surface area contributed by atoms with E-state index in [-0.39, 0.29) is 0 Å². The van der Waals surface area contributed by atoms with E-state index in [1.54, 1.807) is 0 Å². The van der Waals surface area contributed by atoms with Crippen molar-refractivity contribution in [1.29, 1.82) is 0 Å². The SMILES string of the molecule is CC(F)(F)CSCC(C)(F)F. The van der Waals surface area contributed by atoms with Crippen molar-refractivity contribution in [3.05, 3.63) is 0 Å². The van der Waals surface area contributed by atoms with Crippen molar-refractivity contribution in [2.24, 2.45) is 0 Å². The molecule has 0 aromatic rings. The molecule has 68 valence electrons. The fraction of sp³-hybridized carbons (Fsp3) is 1.00. The number of hydrogen-bond acceptors (Lipinski definition) is 1. The average Bonchev–Trinajstić information content (AvgIpc) is 1.55. The summed E-state index contributed by atoms with van der Waals surface area (Å²) in [6.07, 6.45) is 0. The van der Waals surface area contributed by atoms with Crippen molar-refractivity contribution in [3.63, 3.8) is 0 Å². The Balaban J connectivity index is 3.44. The zero-order valence-electron chi connectivity index (χ0n) is 6.33. The van der Waals surface area contributed by atoms with Gasteiger partial charge < -0.3 is 0 Å². The fourth-order valence-corrected chi connectivity index (χ4v) is 1.23. The van der Waals surface area contributed by atoms with E-state index in [1.165, 1.54) is 0 Å². The summed E-state index contributed by atoms with van der Waals surface area (Å²) in [7, 11) is 0. The van der Waals surface area contributed by atoms with Crippen LogP contribution < -0.4 is 0 Å². The molecule has 0 nitrogen and oxygen atoms in total. The molecule has 0 amide bonds. The maximum absolute atomic E-state index is 12.0. The van der Waals surface area contributed by atoms with Crippen LogP contribution in [0.4, 0.5) is 17.6 Å². The molecule has 0 N–H and O–H groups in total. The molecule has 0 aromatic heterocycles. The number of thioether (sulfide) groups is 1. The van der Waals surface area contributed by atoms with Crippen molar-refractivity contribution in [2.75, 3.05) is 11.5 Å². The van der Waals surface area contributed by atoms with Crippen molar-refractivity contribution < 1.29 is 17.6 Å². The van der Waals surface area contributed by atoms with Crippen molar-refractivity contribution in [2.45, 2.75) is 25.7 Å². The highest BCUT2D eigenvalue weighted by Crippen LogP contribution is 2.24. The Bertz CT molecular complexity index is 98.7. The predicted octanol–water partition coefficient (Wildman–Crippen LogP) is 3.03. The van der Waals surface area contributed by atoms with Crippen LogP contribution in [0, 0.1) is 0 Å². The van der Waals surface area contributed by atoms with E-state index in [0.717, 1.165) is 0 Å². The highest BCUT2D eigenvalue weighted by atomic mass is 32.2. The van der Waals surface area contributed by atoms with E-state index in [1.807, 2.05) is 0 Å². The molecule has 0 rings (SSSR count). The van der Waals surface area contributed by atoms with Crippen LogP contribution >= 0.6 is 11.8 Å². The molecule has 0 saturated heterocycles. The summed E-state index contributed by atoms with van der Waals surface area (Å²) < 4.78 is 48.1. The largest absolute Gasteiger partial charge is 0.254 e. The molecule has 0 atom stereocenters. The molecule has 0 aromatic carbocycles. The number of hydrogen-bond donors (Lipinski definition) is 0. The van der Waals surface area contributed by atoms with Crippen LogP contribution in [-0.4, -0.2) is 23.4 Å². The van der Waals surface area contributed by atoms with Crippen LogP contribution in [0.15, 0.2) is 0 Å². The van der Waals surface area contributed by atoms with Crippen LogP contribution in [0.5, 0.6) is 0 Å². The molecule has 0 aliphatic heterocycles. The molecule has 0 unspecified atom stereocenters. The average molecular weight is 190 g/mol. The lowest BCUT2D eigenvalue weighted by molar-refractivity contribution is 0.0437. The Morgan fingerprint density at radius 1 is 0.909 bits per heavy atom. The van der Waals surface area contributed by atoms with E-state index >= 15 is 0 Å². The smallest absolute Gasteiger partial charge is 0.206 e. The maximum Gasteiger partial charge on any atom is 0.254 e. The van der Waals surface area contributed by atoms with Gasteiger partial charge in [0.1, 0.15) is 0 Å². The Morgan fingerprint density at radius 3 is 1.36 bits per heavy atom. The summed E-state index contributed by atoms with van der Waals surface area (Å²) in [5.41, 5.74) is 0. The standard InChI is InChI=1S/C6H10F4S/c1-5(7,8)3-11-4-6(2,9)10/h3-4H2,1-2H3. The highest BCUT2D eigenvalue weighted by Gasteiger charge is 2.26. The first kappa shape index (κ1) is 11.1. The molecule has 5 heteroatoms. The van der Waals surface area contributed by atoms with Gasteiger partial charge in [0.25, 0.3) is 11.8 Å². The molecule has 0 aliphatic rings. The van der Waals surface area contributed by atoms with Gasteiger partial charge in [0.05, 0.1) is 11.5 Å². The predicted molar refractivity (Wildman–Crippen MR) is 38.6 cm³/mol. The summed E-state index contributed by atoms with van der Waals surface area (Å²) in [4.78, 5) is 0. The van der Waals surface area contributed by atoms with E-state index < -0.39 is 23.4 Å². The van der Waals surface area contributed by atoms with Crippen LogP contribution in [-0.2, 0) is 0 Å². The third-order valence-corrected chi connectivity index (χ3v) is 2.13. The van der Waals surface area contributed by atoms with Crippen molar-refractivity contribution in [3.8, 4) is 0 Å². The summed E-state index contributed by atoms with van der Waals surface area (Å²) in [6.45, 7) is 1.43. The van der Waals surface area contributed by atoms with Gasteiger partial charge in [-0.1, -0.05) is 0 Å². The normalized spacial score (nSPS) is 13.6. The Morgan fingerprint density at radius 2 is 1.18 bits per heavy atom. The quantitative estimate of drug-likeness (QED) is 0.614. The second-order valence-electron chi connectivity index (χ2n) is 2.63. The molecule has 0 heterocycles. The van der Waals surface area contributed by atoms with Crippen LogP contribution in [0.2, 0.25) is 0 Å². The summed E-state index contributed by atoms with van der Waals surface area (Å²) in [5.74, 6) is -6.79. The molecule has 0 radical (unpaired) electrons. The summed E-state index contributed by atoms with van der Waals surface area (Å²) in [6, 6.07) is 0. The van der Waals surface area contributed by atoms with E-state index in [0.29, 0.717) is 25.6 Å². The third-order valence-electron chi connectivity index (χ3n) is 0.711. The lowest BCUT2D eigenvalue weighted by Crippen LogP contribution is -2.18. The van der Waals surface area contributed by atoms with Gasteiger partial charge in [-0.3, -0.25) is 0 Å². The number of alkyl halides is 4. The Hall–Kier alpha value is 0.0700. The second-order valence-corrected chi connectivity index (χ2v) is 3.62. The minimum absolute atomic E-state index is 0.545. The van der Waals surface area contributed by atoms with E-state index in [2.05, 4.69) is 0 Å². The number of rotatable bonds is 4. The fourth-order valence-electron chi connectivity index (χ4n) is 0.409. The van der Waals surface area contributed by atoms with Gasteiger partial charge in [-0.15, -0.1) is 11.8 Å². The van der Waals surface area contributed by atoms with Crippen molar-refractivity contribution in [1.82, 2.24) is 0 Å². The minimum Gasteiger partial charge on any atom is -0.206 e. The van der Waals surface area contributed by atoms with E-state index in [4.69, 9.17) is 0 Å². The van der Waals surface area contributed by atoms with Gasteiger partial charge in [-0.05, 0) is 0 Å². The molecular formula is C6H10F4S. The van der Waals surface area contributed by atoms with Gasteiger partial charge in [0.15, 0.2) is 0 Å². The molecule has 11 heavy (non-hydrogen) atoms. The molecule has 0 saturated carbocycles. The van der Waals surface area contributed by atoms with Gasteiger partial charge in [-0.2, -0.15) is 0 Å². The Labute approximate surface area is 67.3 Å². The topological polar surface area (TPSA) is 0 Å². The lowest BCUT2D eigenvalue weighted by atomic mass is 10.5. The summed E-state index contributed by atoms with van der Waals surface area (Å²) in [5, 5.41) is 0. The molecule has 0 fully saturated rings. The zero-order chi connectivity index (χ0) is 9.12. The second kappa shape index (κ2) is 3.65. The van der Waals surface area contributed by atoms with Crippen molar-refractivity contribution >= 4 is 11.8 Å². The van der Waals surface area contributed by atoms with Gasteiger partial charge in [-0.25, -0.2) is 17.6 Å². The van der Waals surface area contributed by atoms with Crippen LogP contribution in [0.25, 0.3) is 0 Å². The minimum atomic E-state index is -2.85. The highest BCUT2D eigenvalue weighted by molar-refractivity contribution is 7.99. The first-order chi connectivity index (χ1) is 4.71.